The third-order valence-corrected chi connectivity index (χ3v) is 4.80. The van der Waals surface area contributed by atoms with Crippen LogP contribution in [-0.4, -0.2) is 15.7 Å². The zero-order chi connectivity index (χ0) is 19.0. The first-order chi connectivity index (χ1) is 13.0. The molecular formula is C21H18ClN3O2. The number of carbonyl (C=O) groups excluding carboxylic acids is 1. The Labute approximate surface area is 161 Å². The molecule has 0 aliphatic heterocycles. The van der Waals surface area contributed by atoms with E-state index in [1.165, 1.54) is 0 Å². The van der Waals surface area contributed by atoms with E-state index < -0.39 is 0 Å². The number of para-hydroxylation sites is 2. The number of amides is 1. The Morgan fingerprint density at radius 1 is 1.15 bits per heavy atom. The molecule has 2 heterocycles. The van der Waals surface area contributed by atoms with Crippen LogP contribution in [0.5, 0.6) is 0 Å². The molecule has 136 valence electrons. The Morgan fingerprint density at radius 2 is 1.85 bits per heavy atom. The second kappa shape index (κ2) is 6.93. The van der Waals surface area contributed by atoms with E-state index in [0.717, 1.165) is 16.7 Å². The van der Waals surface area contributed by atoms with Crippen LogP contribution in [0, 0.1) is 6.92 Å². The summed E-state index contributed by atoms with van der Waals surface area (Å²) in [6.07, 6.45) is 0. The van der Waals surface area contributed by atoms with E-state index in [1.807, 2.05) is 67.6 Å². The molecule has 0 fully saturated rings. The molecule has 1 amide bonds. The quantitative estimate of drug-likeness (QED) is 0.538. The molecule has 0 spiro atoms. The average Bonchev–Trinajstić information content (AvgIpc) is 3.23. The van der Waals surface area contributed by atoms with Gasteiger partial charge in [0.2, 0.25) is 0 Å². The van der Waals surface area contributed by atoms with Gasteiger partial charge < -0.3 is 9.73 Å². The summed E-state index contributed by atoms with van der Waals surface area (Å²) in [6.45, 7) is 3.65. The maximum Gasteiger partial charge on any atom is 0.256 e. The van der Waals surface area contributed by atoms with Crippen LogP contribution in [0.1, 0.15) is 34.8 Å². The number of nitrogens with one attached hydrogen (secondary N) is 1. The van der Waals surface area contributed by atoms with Crippen LogP contribution in [0.3, 0.4) is 0 Å². The number of rotatable bonds is 4. The zero-order valence-electron chi connectivity index (χ0n) is 14.9. The first-order valence-corrected chi connectivity index (χ1v) is 9.02. The lowest BCUT2D eigenvalue weighted by Crippen LogP contribution is -2.27. The fourth-order valence-electron chi connectivity index (χ4n) is 3.05. The molecule has 6 heteroatoms. The number of halogens is 1. The van der Waals surface area contributed by atoms with Crippen molar-refractivity contribution in [3.8, 4) is 5.69 Å². The van der Waals surface area contributed by atoms with Gasteiger partial charge in [-0.2, -0.15) is 5.10 Å². The van der Waals surface area contributed by atoms with Crippen LogP contribution >= 0.6 is 11.6 Å². The van der Waals surface area contributed by atoms with Gasteiger partial charge >= 0.3 is 0 Å². The van der Waals surface area contributed by atoms with Crippen molar-refractivity contribution in [3.63, 3.8) is 0 Å². The average molecular weight is 380 g/mol. The maximum absolute atomic E-state index is 12.8. The summed E-state index contributed by atoms with van der Waals surface area (Å²) in [6, 6.07) is 18.8. The number of fused-ring (bicyclic) bond motifs is 1. The van der Waals surface area contributed by atoms with Gasteiger partial charge in [-0.1, -0.05) is 48.0 Å². The predicted octanol–water partition coefficient (Wildman–Crippen LogP) is 5.07. The number of carbonyl (C=O) groups is 1. The maximum atomic E-state index is 12.8. The first-order valence-electron chi connectivity index (χ1n) is 8.64. The summed E-state index contributed by atoms with van der Waals surface area (Å²) in [7, 11) is 0. The number of aryl methyl sites for hydroxylation is 1. The van der Waals surface area contributed by atoms with E-state index in [9.17, 15) is 4.79 Å². The molecule has 0 aliphatic rings. The molecule has 4 rings (SSSR count). The van der Waals surface area contributed by atoms with Crippen LogP contribution in [0.2, 0.25) is 5.15 Å². The monoisotopic (exact) mass is 379 g/mol. The minimum Gasteiger partial charge on any atom is -0.459 e. The molecule has 2 aromatic carbocycles. The molecule has 0 saturated heterocycles. The molecule has 0 saturated carbocycles. The third-order valence-electron chi connectivity index (χ3n) is 4.45. The van der Waals surface area contributed by atoms with E-state index in [4.69, 9.17) is 16.0 Å². The zero-order valence-corrected chi connectivity index (χ0v) is 15.7. The molecule has 0 unspecified atom stereocenters. The summed E-state index contributed by atoms with van der Waals surface area (Å²) in [5, 5.41) is 8.65. The summed E-state index contributed by atoms with van der Waals surface area (Å²) < 4.78 is 7.40. The van der Waals surface area contributed by atoms with Gasteiger partial charge in [0.05, 0.1) is 23.0 Å². The van der Waals surface area contributed by atoms with Crippen LogP contribution in [0.4, 0.5) is 0 Å². The smallest absolute Gasteiger partial charge is 0.256 e. The molecule has 2 aromatic heterocycles. The first kappa shape index (κ1) is 17.4. The second-order valence-corrected chi connectivity index (χ2v) is 6.74. The van der Waals surface area contributed by atoms with Crippen molar-refractivity contribution in [1.82, 2.24) is 15.1 Å². The minimum absolute atomic E-state index is 0.285. The van der Waals surface area contributed by atoms with Gasteiger partial charge in [-0.15, -0.1) is 0 Å². The number of nitrogens with zero attached hydrogens (tertiary/aromatic N) is 2. The highest BCUT2D eigenvalue weighted by Gasteiger charge is 2.23. The SMILES string of the molecule is Cc1nn(-c2ccccc2)c(Cl)c1C(=O)N[C@H](C)c1cc2ccccc2o1. The molecular weight excluding hydrogens is 362 g/mol. The van der Waals surface area contributed by atoms with Crippen molar-refractivity contribution in [1.29, 1.82) is 0 Å². The van der Waals surface area contributed by atoms with Gasteiger partial charge in [0, 0.05) is 5.39 Å². The lowest BCUT2D eigenvalue weighted by molar-refractivity contribution is 0.0935. The van der Waals surface area contributed by atoms with E-state index in [-0.39, 0.29) is 17.1 Å². The number of hydrogen-bond acceptors (Lipinski definition) is 3. The third kappa shape index (κ3) is 3.22. The van der Waals surface area contributed by atoms with E-state index in [0.29, 0.717) is 17.0 Å². The van der Waals surface area contributed by atoms with Crippen LogP contribution in [-0.2, 0) is 0 Å². The number of aromatic nitrogens is 2. The fourth-order valence-corrected chi connectivity index (χ4v) is 3.41. The highest BCUT2D eigenvalue weighted by Crippen LogP contribution is 2.26. The molecule has 0 bridgehead atoms. The van der Waals surface area contributed by atoms with Crippen LogP contribution < -0.4 is 5.32 Å². The Kier molecular flexibility index (Phi) is 4.46. The fraction of sp³-hybridized carbons (Fsp3) is 0.143. The predicted molar refractivity (Wildman–Crippen MR) is 105 cm³/mol. The molecule has 27 heavy (non-hydrogen) atoms. The van der Waals surface area contributed by atoms with E-state index in [1.54, 1.807) is 11.6 Å². The molecule has 4 aromatic rings. The van der Waals surface area contributed by atoms with Crippen LogP contribution in [0.25, 0.3) is 16.7 Å². The highest BCUT2D eigenvalue weighted by atomic mass is 35.5. The Morgan fingerprint density at radius 3 is 2.59 bits per heavy atom. The summed E-state index contributed by atoms with van der Waals surface area (Å²) in [4.78, 5) is 12.8. The molecule has 1 N–H and O–H groups in total. The normalized spacial score (nSPS) is 12.3. The van der Waals surface area contributed by atoms with Crippen molar-refractivity contribution < 1.29 is 9.21 Å². The van der Waals surface area contributed by atoms with Crippen molar-refractivity contribution in [2.75, 3.05) is 0 Å². The van der Waals surface area contributed by atoms with Crippen molar-refractivity contribution >= 4 is 28.5 Å². The van der Waals surface area contributed by atoms with Gasteiger partial charge in [0.15, 0.2) is 0 Å². The Hall–Kier alpha value is -3.05. The van der Waals surface area contributed by atoms with E-state index in [2.05, 4.69) is 10.4 Å². The number of hydrogen-bond donors (Lipinski definition) is 1. The molecule has 5 nitrogen and oxygen atoms in total. The van der Waals surface area contributed by atoms with Crippen molar-refractivity contribution in [2.24, 2.45) is 0 Å². The van der Waals surface area contributed by atoms with Crippen LogP contribution in [0.15, 0.2) is 65.1 Å². The van der Waals surface area contributed by atoms with Gasteiger partial charge in [-0.05, 0) is 38.1 Å². The van der Waals surface area contributed by atoms with Gasteiger partial charge in [-0.25, -0.2) is 4.68 Å². The Bertz CT molecular complexity index is 1080. The van der Waals surface area contributed by atoms with E-state index >= 15 is 0 Å². The second-order valence-electron chi connectivity index (χ2n) is 6.38. The van der Waals surface area contributed by atoms with Gasteiger partial charge in [-0.3, -0.25) is 4.79 Å². The molecule has 1 atom stereocenters. The standard InChI is InChI=1S/C21H18ClN3O2/c1-13(18-12-15-8-6-7-11-17(15)27-18)23-21(26)19-14(2)24-25(20(19)22)16-9-4-3-5-10-16/h3-13H,1-2H3,(H,23,26)/t13-/m1/s1. The highest BCUT2D eigenvalue weighted by molar-refractivity contribution is 6.33. The topological polar surface area (TPSA) is 60.1 Å². The Balaban J connectivity index is 1.60. The lowest BCUT2D eigenvalue weighted by Gasteiger charge is -2.11. The molecule has 0 aliphatic carbocycles. The largest absolute Gasteiger partial charge is 0.459 e. The number of furan rings is 1. The lowest BCUT2D eigenvalue weighted by atomic mass is 10.2. The minimum atomic E-state index is -0.305. The van der Waals surface area contributed by atoms with Crippen molar-refractivity contribution in [2.45, 2.75) is 19.9 Å². The summed E-state index contributed by atoms with van der Waals surface area (Å²) in [5.74, 6) is 0.404. The van der Waals surface area contributed by atoms with Gasteiger partial charge in [0.25, 0.3) is 5.91 Å². The number of benzene rings is 2. The summed E-state index contributed by atoms with van der Waals surface area (Å²) >= 11 is 6.47. The summed E-state index contributed by atoms with van der Waals surface area (Å²) in [5.41, 5.74) is 2.52. The molecule has 0 radical (unpaired) electrons. The van der Waals surface area contributed by atoms with Crippen molar-refractivity contribution in [3.05, 3.63) is 82.8 Å². The van der Waals surface area contributed by atoms with Gasteiger partial charge in [0.1, 0.15) is 16.5 Å².